The number of aromatic amines is 1. The number of hydrogen-bond acceptors (Lipinski definition) is 4. The molecule has 9 heteroatoms. The number of ether oxygens (including phenoxy) is 1. The zero-order chi connectivity index (χ0) is 25.2. The number of aryl methyl sites for hydroxylation is 1. The summed E-state index contributed by atoms with van der Waals surface area (Å²) in [4.78, 5) is 20.2. The maximum Gasteiger partial charge on any atom is 0.416 e. The minimum atomic E-state index is -4.57. The molecule has 180 valence electrons. The Bertz CT molecular complexity index is 1420. The maximum atomic E-state index is 13.3. The van der Waals surface area contributed by atoms with Gasteiger partial charge in [-0.3, -0.25) is 4.79 Å². The molecule has 0 aliphatic heterocycles. The topological polar surface area (TPSA) is 93.0 Å². The molecule has 6 nitrogen and oxygen atoms in total. The summed E-state index contributed by atoms with van der Waals surface area (Å²) >= 11 is 0. The first kappa shape index (κ1) is 24.0. The van der Waals surface area contributed by atoms with E-state index in [1.807, 2.05) is 25.1 Å². The van der Waals surface area contributed by atoms with E-state index < -0.39 is 17.6 Å². The summed E-state index contributed by atoms with van der Waals surface area (Å²) in [6, 6.07) is 10.5. The normalized spacial score (nSPS) is 11.8. The number of rotatable bonds is 6. The molecule has 0 saturated heterocycles. The number of methoxy groups -OCH3 is 1. The van der Waals surface area contributed by atoms with Gasteiger partial charge in [-0.05, 0) is 60.0 Å². The molecule has 2 aromatic heterocycles. The van der Waals surface area contributed by atoms with Crippen LogP contribution < -0.4 is 15.8 Å². The van der Waals surface area contributed by atoms with Crippen LogP contribution in [0.2, 0.25) is 0 Å². The molecule has 0 spiro atoms. The Morgan fingerprint density at radius 1 is 1.14 bits per heavy atom. The van der Waals surface area contributed by atoms with Crippen LogP contribution in [0.5, 0.6) is 5.75 Å². The lowest BCUT2D eigenvalue weighted by Gasteiger charge is -2.14. The van der Waals surface area contributed by atoms with Crippen LogP contribution >= 0.6 is 0 Å². The SMILES string of the molecule is COc1c(/C=C/c2cc(C(=O)Nc3ccc(CN)c(C(F)(F)F)c3)ccc2C)cnc2[nH]ccc12. The minimum Gasteiger partial charge on any atom is -0.495 e. The highest BCUT2D eigenvalue weighted by Gasteiger charge is 2.33. The van der Waals surface area contributed by atoms with Crippen molar-refractivity contribution < 1.29 is 22.7 Å². The summed E-state index contributed by atoms with van der Waals surface area (Å²) < 4.78 is 45.5. The molecule has 0 saturated carbocycles. The lowest BCUT2D eigenvalue weighted by molar-refractivity contribution is -0.138. The van der Waals surface area contributed by atoms with E-state index in [0.29, 0.717) is 17.0 Å². The average Bonchev–Trinajstić information content (AvgIpc) is 3.31. The van der Waals surface area contributed by atoms with Crippen molar-refractivity contribution in [1.82, 2.24) is 9.97 Å². The number of benzene rings is 2. The van der Waals surface area contributed by atoms with Crippen LogP contribution in [0.15, 0.2) is 54.9 Å². The van der Waals surface area contributed by atoms with Gasteiger partial charge in [-0.2, -0.15) is 13.2 Å². The molecular weight excluding hydrogens is 457 g/mol. The van der Waals surface area contributed by atoms with Gasteiger partial charge < -0.3 is 20.8 Å². The van der Waals surface area contributed by atoms with Gasteiger partial charge in [0.05, 0.1) is 18.1 Å². The number of fused-ring (bicyclic) bond motifs is 1. The fourth-order valence-electron chi connectivity index (χ4n) is 3.79. The highest BCUT2D eigenvalue weighted by molar-refractivity contribution is 6.05. The Morgan fingerprint density at radius 2 is 1.91 bits per heavy atom. The van der Waals surface area contributed by atoms with Crippen molar-refractivity contribution in [1.29, 1.82) is 0 Å². The lowest BCUT2D eigenvalue weighted by atomic mass is 10.0. The predicted octanol–water partition coefficient (Wildman–Crippen LogP) is 5.78. The van der Waals surface area contributed by atoms with E-state index in [0.717, 1.165) is 28.1 Å². The van der Waals surface area contributed by atoms with Crippen LogP contribution in [0, 0.1) is 6.92 Å². The number of hydrogen-bond donors (Lipinski definition) is 3. The molecule has 0 unspecified atom stereocenters. The van der Waals surface area contributed by atoms with E-state index in [-0.39, 0.29) is 17.8 Å². The van der Waals surface area contributed by atoms with Gasteiger partial charge in [-0.15, -0.1) is 0 Å². The molecule has 2 aromatic carbocycles. The number of nitrogens with two attached hydrogens (primary N) is 1. The summed E-state index contributed by atoms with van der Waals surface area (Å²) in [5.41, 5.74) is 8.00. The number of carbonyl (C=O) groups excluding carboxylic acids is 1. The highest BCUT2D eigenvalue weighted by atomic mass is 19.4. The second-order valence-corrected chi connectivity index (χ2v) is 7.92. The maximum absolute atomic E-state index is 13.3. The fourth-order valence-corrected chi connectivity index (χ4v) is 3.79. The van der Waals surface area contributed by atoms with E-state index in [2.05, 4.69) is 15.3 Å². The van der Waals surface area contributed by atoms with Crippen molar-refractivity contribution in [3.63, 3.8) is 0 Å². The average molecular weight is 480 g/mol. The Morgan fingerprint density at radius 3 is 2.63 bits per heavy atom. The number of pyridine rings is 1. The van der Waals surface area contributed by atoms with Crippen molar-refractivity contribution in [3.8, 4) is 5.75 Å². The molecule has 4 N–H and O–H groups in total. The quantitative estimate of drug-likeness (QED) is 0.326. The first-order chi connectivity index (χ1) is 16.7. The molecule has 0 aliphatic rings. The largest absolute Gasteiger partial charge is 0.495 e. The van der Waals surface area contributed by atoms with Crippen molar-refractivity contribution in [2.24, 2.45) is 5.73 Å². The summed E-state index contributed by atoms with van der Waals surface area (Å²) in [6.07, 6.45) is 2.56. The number of alkyl halides is 3. The predicted molar refractivity (Wildman–Crippen MR) is 130 cm³/mol. The minimum absolute atomic E-state index is 0.0350. The van der Waals surface area contributed by atoms with Gasteiger partial charge in [0.1, 0.15) is 11.4 Å². The third kappa shape index (κ3) is 5.04. The Hall–Kier alpha value is -4.11. The molecule has 0 bridgehead atoms. The van der Waals surface area contributed by atoms with Crippen LogP contribution in [0.4, 0.5) is 18.9 Å². The number of nitrogens with one attached hydrogen (secondary N) is 2. The summed E-state index contributed by atoms with van der Waals surface area (Å²) in [7, 11) is 1.58. The number of H-pyrrole nitrogens is 1. The number of nitrogens with zero attached hydrogens (tertiary/aromatic N) is 1. The zero-order valence-corrected chi connectivity index (χ0v) is 19.0. The van der Waals surface area contributed by atoms with E-state index in [1.54, 1.807) is 37.7 Å². The van der Waals surface area contributed by atoms with E-state index in [1.165, 1.54) is 12.1 Å². The summed E-state index contributed by atoms with van der Waals surface area (Å²) in [6.45, 7) is 1.64. The Labute approximate surface area is 199 Å². The van der Waals surface area contributed by atoms with Gasteiger partial charge in [0.25, 0.3) is 5.91 Å². The first-order valence-corrected chi connectivity index (χ1v) is 10.7. The number of anilines is 1. The molecule has 0 fully saturated rings. The van der Waals surface area contributed by atoms with Gasteiger partial charge in [-0.25, -0.2) is 4.98 Å². The van der Waals surface area contributed by atoms with Crippen LogP contribution in [0.25, 0.3) is 23.2 Å². The van der Waals surface area contributed by atoms with Gasteiger partial charge in [0.15, 0.2) is 0 Å². The highest BCUT2D eigenvalue weighted by Crippen LogP contribution is 2.34. The zero-order valence-electron chi connectivity index (χ0n) is 19.0. The monoisotopic (exact) mass is 480 g/mol. The van der Waals surface area contributed by atoms with Crippen LogP contribution in [-0.2, 0) is 12.7 Å². The number of carbonyl (C=O) groups is 1. The van der Waals surface area contributed by atoms with E-state index in [9.17, 15) is 18.0 Å². The molecule has 2 heterocycles. The molecule has 1 amide bonds. The fraction of sp³-hybridized carbons (Fsp3) is 0.154. The van der Waals surface area contributed by atoms with Crippen LogP contribution in [-0.4, -0.2) is 23.0 Å². The third-order valence-corrected chi connectivity index (χ3v) is 5.65. The second kappa shape index (κ2) is 9.63. The van der Waals surface area contributed by atoms with Gasteiger partial charge in [-0.1, -0.05) is 18.2 Å². The van der Waals surface area contributed by atoms with Crippen molar-refractivity contribution in [2.75, 3.05) is 12.4 Å². The van der Waals surface area contributed by atoms with Crippen LogP contribution in [0.3, 0.4) is 0 Å². The Kier molecular flexibility index (Phi) is 6.61. The Balaban J connectivity index is 1.60. The molecule has 0 atom stereocenters. The van der Waals surface area contributed by atoms with Crippen molar-refractivity contribution in [3.05, 3.63) is 88.2 Å². The van der Waals surface area contributed by atoms with E-state index >= 15 is 0 Å². The number of amides is 1. The van der Waals surface area contributed by atoms with Gasteiger partial charge >= 0.3 is 6.18 Å². The van der Waals surface area contributed by atoms with Gasteiger partial charge in [0, 0.05) is 35.8 Å². The van der Waals surface area contributed by atoms with Crippen LogP contribution in [0.1, 0.15) is 38.2 Å². The molecule has 4 rings (SSSR count). The molecule has 0 aliphatic carbocycles. The van der Waals surface area contributed by atoms with Crippen molar-refractivity contribution in [2.45, 2.75) is 19.6 Å². The van der Waals surface area contributed by atoms with Crippen molar-refractivity contribution >= 4 is 34.8 Å². The first-order valence-electron chi connectivity index (χ1n) is 10.7. The standard InChI is InChI=1S/C26H23F3N4O2/c1-15-3-4-17(25(34)33-20-8-7-18(13-30)22(12-20)26(27,28)29)11-16(15)5-6-19-14-32-24-21(9-10-31-24)23(19)35-2/h3-12,14H,13,30H2,1-2H3,(H,31,32)(H,33,34)/b6-5+. The summed E-state index contributed by atoms with van der Waals surface area (Å²) in [5.74, 6) is 0.140. The number of aromatic nitrogens is 2. The third-order valence-electron chi connectivity index (χ3n) is 5.65. The molecule has 4 aromatic rings. The molecular formula is C26H23F3N4O2. The van der Waals surface area contributed by atoms with E-state index in [4.69, 9.17) is 10.5 Å². The second-order valence-electron chi connectivity index (χ2n) is 7.92. The summed E-state index contributed by atoms with van der Waals surface area (Å²) in [5, 5.41) is 3.39. The molecule has 0 radical (unpaired) electrons. The number of halogens is 3. The van der Waals surface area contributed by atoms with Gasteiger partial charge in [0.2, 0.25) is 0 Å². The molecule has 35 heavy (non-hydrogen) atoms. The smallest absolute Gasteiger partial charge is 0.416 e. The lowest BCUT2D eigenvalue weighted by Crippen LogP contribution is -2.15.